The Hall–Kier alpha value is -1.18. The summed E-state index contributed by atoms with van der Waals surface area (Å²) in [4.78, 5) is 0.171. The molecule has 1 heterocycles. The minimum atomic E-state index is -3.51. The number of hydrogen-bond acceptors (Lipinski definition) is 3. The van der Waals surface area contributed by atoms with Gasteiger partial charge in [-0.3, -0.25) is 4.68 Å². The molecule has 0 saturated carbocycles. The SMILES string of the molecule is Cc1cc(Br)ccc1CNS(=O)(=O)c1cnn(C)c1. The highest BCUT2D eigenvalue weighted by Crippen LogP contribution is 2.16. The lowest BCUT2D eigenvalue weighted by atomic mass is 10.1. The number of nitrogens with zero attached hydrogens (tertiary/aromatic N) is 2. The number of aromatic nitrogens is 2. The Morgan fingerprint density at radius 2 is 2.16 bits per heavy atom. The first-order valence-electron chi connectivity index (χ1n) is 5.62. The van der Waals surface area contributed by atoms with E-state index in [0.717, 1.165) is 15.6 Å². The lowest BCUT2D eigenvalue weighted by Gasteiger charge is -2.08. The molecule has 2 aromatic rings. The summed E-state index contributed by atoms with van der Waals surface area (Å²) in [5, 5.41) is 3.86. The highest BCUT2D eigenvalue weighted by atomic mass is 79.9. The first-order chi connectivity index (χ1) is 8.88. The van der Waals surface area contributed by atoms with Crippen molar-refractivity contribution in [3.8, 4) is 0 Å². The van der Waals surface area contributed by atoms with Gasteiger partial charge in [0.2, 0.25) is 10.0 Å². The molecule has 5 nitrogen and oxygen atoms in total. The van der Waals surface area contributed by atoms with Gasteiger partial charge in [-0.1, -0.05) is 22.0 Å². The van der Waals surface area contributed by atoms with Crippen LogP contribution in [0.25, 0.3) is 0 Å². The van der Waals surface area contributed by atoms with Crippen LogP contribution in [0.15, 0.2) is 40.0 Å². The van der Waals surface area contributed by atoms with Gasteiger partial charge in [0, 0.05) is 24.3 Å². The Kier molecular flexibility index (Phi) is 4.07. The van der Waals surface area contributed by atoms with Crippen LogP contribution in [0.4, 0.5) is 0 Å². The highest BCUT2D eigenvalue weighted by molar-refractivity contribution is 9.10. The minimum absolute atomic E-state index is 0.171. The molecule has 7 heteroatoms. The highest BCUT2D eigenvalue weighted by Gasteiger charge is 2.15. The normalized spacial score (nSPS) is 11.7. The van der Waals surface area contributed by atoms with Crippen molar-refractivity contribution in [2.45, 2.75) is 18.4 Å². The van der Waals surface area contributed by atoms with E-state index in [1.54, 1.807) is 7.05 Å². The van der Waals surface area contributed by atoms with E-state index < -0.39 is 10.0 Å². The van der Waals surface area contributed by atoms with Crippen LogP contribution in [0, 0.1) is 6.92 Å². The van der Waals surface area contributed by atoms with Crippen LogP contribution in [0.2, 0.25) is 0 Å². The second-order valence-electron chi connectivity index (χ2n) is 4.25. The molecule has 1 aromatic heterocycles. The summed E-state index contributed by atoms with van der Waals surface area (Å²) in [5.41, 5.74) is 1.97. The summed E-state index contributed by atoms with van der Waals surface area (Å²) in [5.74, 6) is 0. The van der Waals surface area contributed by atoms with Crippen LogP contribution >= 0.6 is 15.9 Å². The summed E-state index contributed by atoms with van der Waals surface area (Å²) in [7, 11) is -1.83. The third-order valence-electron chi connectivity index (χ3n) is 2.75. The van der Waals surface area contributed by atoms with Crippen molar-refractivity contribution in [2.75, 3.05) is 0 Å². The Morgan fingerprint density at radius 3 is 2.74 bits per heavy atom. The molecule has 0 bridgehead atoms. The monoisotopic (exact) mass is 343 g/mol. The molecule has 0 unspecified atom stereocenters. The number of nitrogens with one attached hydrogen (secondary N) is 1. The molecule has 0 saturated heterocycles. The first-order valence-corrected chi connectivity index (χ1v) is 7.89. The van der Waals surface area contributed by atoms with E-state index in [0.29, 0.717) is 0 Å². The molecule has 19 heavy (non-hydrogen) atoms. The van der Waals surface area contributed by atoms with Gasteiger partial charge in [-0.25, -0.2) is 13.1 Å². The van der Waals surface area contributed by atoms with Crippen LogP contribution in [-0.2, 0) is 23.6 Å². The van der Waals surface area contributed by atoms with Gasteiger partial charge in [-0.05, 0) is 30.2 Å². The summed E-state index contributed by atoms with van der Waals surface area (Å²) in [6.07, 6.45) is 2.80. The number of aryl methyl sites for hydroxylation is 2. The molecule has 1 N–H and O–H groups in total. The molecule has 0 radical (unpaired) electrons. The topological polar surface area (TPSA) is 64.0 Å². The third kappa shape index (κ3) is 3.43. The zero-order valence-electron chi connectivity index (χ0n) is 10.6. The Morgan fingerprint density at radius 1 is 1.42 bits per heavy atom. The van der Waals surface area contributed by atoms with E-state index in [1.165, 1.54) is 17.1 Å². The van der Waals surface area contributed by atoms with Crippen molar-refractivity contribution in [3.05, 3.63) is 46.2 Å². The van der Waals surface area contributed by atoms with E-state index in [2.05, 4.69) is 25.8 Å². The first kappa shape index (κ1) is 14.2. The van der Waals surface area contributed by atoms with Gasteiger partial charge in [0.25, 0.3) is 0 Å². The van der Waals surface area contributed by atoms with Gasteiger partial charge in [0.15, 0.2) is 0 Å². The van der Waals surface area contributed by atoms with Crippen molar-refractivity contribution in [1.82, 2.24) is 14.5 Å². The zero-order valence-corrected chi connectivity index (χ0v) is 13.0. The molecule has 0 aliphatic rings. The number of benzene rings is 1. The Balaban J connectivity index is 2.14. The predicted octanol–water partition coefficient (Wildman–Crippen LogP) is 1.97. The lowest BCUT2D eigenvalue weighted by Crippen LogP contribution is -2.23. The van der Waals surface area contributed by atoms with Crippen LogP contribution in [0.3, 0.4) is 0 Å². The fourth-order valence-corrected chi connectivity index (χ4v) is 3.12. The van der Waals surface area contributed by atoms with Crippen LogP contribution in [0.1, 0.15) is 11.1 Å². The predicted molar refractivity (Wildman–Crippen MR) is 76.1 cm³/mol. The summed E-state index contributed by atoms with van der Waals surface area (Å²) >= 11 is 3.38. The van der Waals surface area contributed by atoms with Crippen LogP contribution < -0.4 is 4.72 Å². The molecular formula is C12H14BrN3O2S. The summed E-state index contributed by atoms with van der Waals surface area (Å²) in [6, 6.07) is 5.74. The minimum Gasteiger partial charge on any atom is -0.274 e. The Labute approximate surface area is 120 Å². The van der Waals surface area contributed by atoms with Crippen molar-refractivity contribution in [3.63, 3.8) is 0 Å². The average molecular weight is 344 g/mol. The van der Waals surface area contributed by atoms with Crippen molar-refractivity contribution < 1.29 is 8.42 Å². The number of sulfonamides is 1. The molecule has 2 rings (SSSR count). The zero-order chi connectivity index (χ0) is 14.0. The second-order valence-corrected chi connectivity index (χ2v) is 6.93. The number of hydrogen-bond donors (Lipinski definition) is 1. The number of halogens is 1. The maximum atomic E-state index is 12.0. The quantitative estimate of drug-likeness (QED) is 0.922. The van der Waals surface area contributed by atoms with Gasteiger partial charge >= 0.3 is 0 Å². The van der Waals surface area contributed by atoms with Crippen molar-refractivity contribution in [2.24, 2.45) is 7.05 Å². The van der Waals surface area contributed by atoms with Gasteiger partial charge in [0.05, 0.1) is 6.20 Å². The summed E-state index contributed by atoms with van der Waals surface area (Å²) < 4.78 is 29.0. The number of rotatable bonds is 4. The summed E-state index contributed by atoms with van der Waals surface area (Å²) in [6.45, 7) is 2.20. The standard InChI is InChI=1S/C12H14BrN3O2S/c1-9-5-11(13)4-3-10(9)6-15-19(17,18)12-7-14-16(2)8-12/h3-5,7-8,15H,6H2,1-2H3. The van der Waals surface area contributed by atoms with Gasteiger partial charge in [0.1, 0.15) is 4.90 Å². The van der Waals surface area contributed by atoms with Gasteiger partial charge in [-0.15, -0.1) is 0 Å². The molecule has 0 spiro atoms. The molecule has 0 aliphatic heterocycles. The van der Waals surface area contributed by atoms with Crippen molar-refractivity contribution in [1.29, 1.82) is 0 Å². The molecule has 0 fully saturated rings. The van der Waals surface area contributed by atoms with Gasteiger partial charge < -0.3 is 0 Å². The average Bonchev–Trinajstić information content (AvgIpc) is 2.75. The van der Waals surface area contributed by atoms with Crippen LogP contribution in [-0.4, -0.2) is 18.2 Å². The second kappa shape index (κ2) is 5.44. The van der Waals surface area contributed by atoms with E-state index in [-0.39, 0.29) is 11.4 Å². The molecule has 0 atom stereocenters. The smallest absolute Gasteiger partial charge is 0.243 e. The van der Waals surface area contributed by atoms with E-state index in [1.807, 2.05) is 25.1 Å². The molecule has 0 aliphatic carbocycles. The largest absolute Gasteiger partial charge is 0.274 e. The Bertz CT molecular complexity index is 695. The maximum Gasteiger partial charge on any atom is 0.243 e. The molecule has 0 amide bonds. The van der Waals surface area contributed by atoms with E-state index in [9.17, 15) is 8.42 Å². The van der Waals surface area contributed by atoms with E-state index >= 15 is 0 Å². The van der Waals surface area contributed by atoms with Crippen molar-refractivity contribution >= 4 is 26.0 Å². The fraction of sp³-hybridized carbons (Fsp3) is 0.250. The fourth-order valence-electron chi connectivity index (χ4n) is 1.65. The maximum absolute atomic E-state index is 12.0. The van der Waals surface area contributed by atoms with Gasteiger partial charge in [-0.2, -0.15) is 5.10 Å². The molecule has 102 valence electrons. The lowest BCUT2D eigenvalue weighted by molar-refractivity contribution is 0.581. The molecular weight excluding hydrogens is 330 g/mol. The molecule has 1 aromatic carbocycles. The van der Waals surface area contributed by atoms with Crippen LogP contribution in [0.5, 0.6) is 0 Å². The van der Waals surface area contributed by atoms with E-state index in [4.69, 9.17) is 0 Å². The third-order valence-corrected chi connectivity index (χ3v) is 4.60.